The number of alkyl halides is 1. The molecule has 2 bridgehead atoms. The number of hydrogen-bond acceptors (Lipinski definition) is 5. The Bertz CT molecular complexity index is 1170. The lowest BCUT2D eigenvalue weighted by Gasteiger charge is -2.35. The lowest BCUT2D eigenvalue weighted by atomic mass is 9.70. The van der Waals surface area contributed by atoms with Crippen LogP contribution in [0.2, 0.25) is 0 Å². The fourth-order valence-corrected chi connectivity index (χ4v) is 7.02. The number of benzene rings is 2. The van der Waals surface area contributed by atoms with Crippen LogP contribution in [0.4, 0.5) is 5.69 Å². The fourth-order valence-electron chi connectivity index (χ4n) is 6.07. The number of aliphatic hydroxyl groups is 1. The highest BCUT2D eigenvalue weighted by Crippen LogP contribution is 2.60. The summed E-state index contributed by atoms with van der Waals surface area (Å²) >= 11 is 3.65. The van der Waals surface area contributed by atoms with Gasteiger partial charge in [0.1, 0.15) is 11.6 Å². The number of carbonyl (C=O) groups is 3. The minimum absolute atomic E-state index is 0.163. The van der Waals surface area contributed by atoms with Crippen molar-refractivity contribution in [2.45, 2.75) is 55.3 Å². The van der Waals surface area contributed by atoms with E-state index < -0.39 is 35.6 Å². The van der Waals surface area contributed by atoms with Gasteiger partial charge in [-0.3, -0.25) is 14.4 Å². The molecule has 0 radical (unpaired) electrons. The summed E-state index contributed by atoms with van der Waals surface area (Å²) < 4.78 is 6.43. The van der Waals surface area contributed by atoms with Crippen molar-refractivity contribution < 1.29 is 24.2 Å². The first-order valence-electron chi connectivity index (χ1n) is 12.1. The number of amides is 3. The van der Waals surface area contributed by atoms with Gasteiger partial charge in [-0.25, -0.2) is 0 Å². The van der Waals surface area contributed by atoms with E-state index in [1.165, 1.54) is 4.90 Å². The minimum atomic E-state index is -1.14. The van der Waals surface area contributed by atoms with Gasteiger partial charge in [-0.2, -0.15) is 0 Å². The van der Waals surface area contributed by atoms with Crippen molar-refractivity contribution in [3.05, 3.63) is 42.5 Å². The molecule has 9 heteroatoms. The molecule has 186 valence electrons. The summed E-state index contributed by atoms with van der Waals surface area (Å²) in [6.45, 7) is 3.87. The van der Waals surface area contributed by atoms with Crippen molar-refractivity contribution in [1.82, 2.24) is 10.2 Å². The minimum Gasteiger partial charge on any atom is -0.394 e. The molecule has 3 unspecified atom stereocenters. The predicted molar refractivity (Wildman–Crippen MR) is 135 cm³/mol. The van der Waals surface area contributed by atoms with E-state index in [4.69, 9.17) is 4.74 Å². The molecule has 0 aliphatic carbocycles. The van der Waals surface area contributed by atoms with Crippen molar-refractivity contribution in [2.24, 2.45) is 11.8 Å². The summed E-state index contributed by atoms with van der Waals surface area (Å²) in [5.41, 5.74) is -0.535. The summed E-state index contributed by atoms with van der Waals surface area (Å²) in [6.07, 6.45) is 0.704. The van der Waals surface area contributed by atoms with Gasteiger partial charge < -0.3 is 25.4 Å². The zero-order valence-electron chi connectivity index (χ0n) is 19.7. The third-order valence-electron chi connectivity index (χ3n) is 7.58. The van der Waals surface area contributed by atoms with Gasteiger partial charge in [0.15, 0.2) is 0 Å². The highest BCUT2D eigenvalue weighted by Gasteiger charge is 2.76. The van der Waals surface area contributed by atoms with Crippen LogP contribution >= 0.6 is 15.9 Å². The number of halogens is 1. The maximum atomic E-state index is 13.8. The predicted octanol–water partition coefficient (Wildman–Crippen LogP) is 2.43. The van der Waals surface area contributed by atoms with E-state index in [-0.39, 0.29) is 29.2 Å². The number of anilines is 1. The molecule has 0 aromatic heterocycles. The first-order valence-corrected chi connectivity index (χ1v) is 13.1. The molecule has 3 heterocycles. The zero-order chi connectivity index (χ0) is 24.9. The third kappa shape index (κ3) is 3.75. The summed E-state index contributed by atoms with van der Waals surface area (Å²) in [4.78, 5) is 42.0. The number of nitrogens with one attached hydrogen (secondary N) is 2. The second-order valence-electron chi connectivity index (χ2n) is 9.78. The van der Waals surface area contributed by atoms with Gasteiger partial charge in [0.2, 0.25) is 17.7 Å². The molecule has 35 heavy (non-hydrogen) atoms. The second kappa shape index (κ2) is 9.19. The lowest BCUT2D eigenvalue weighted by molar-refractivity contribution is -0.143. The average molecular weight is 544 g/mol. The van der Waals surface area contributed by atoms with Crippen LogP contribution in [0.25, 0.3) is 10.8 Å². The van der Waals surface area contributed by atoms with Gasteiger partial charge in [0, 0.05) is 17.1 Å². The van der Waals surface area contributed by atoms with Crippen LogP contribution < -0.4 is 10.6 Å². The van der Waals surface area contributed by atoms with E-state index in [0.29, 0.717) is 18.7 Å². The van der Waals surface area contributed by atoms with Crippen LogP contribution in [0.15, 0.2) is 42.5 Å². The second-order valence-corrected chi connectivity index (χ2v) is 11.0. The monoisotopic (exact) mass is 543 g/mol. The average Bonchev–Trinajstić information content (AvgIpc) is 3.45. The Hall–Kier alpha value is -2.49. The van der Waals surface area contributed by atoms with E-state index in [2.05, 4.69) is 26.6 Å². The van der Waals surface area contributed by atoms with Crippen LogP contribution in [-0.4, -0.2) is 69.5 Å². The standard InChI is InChI=1S/C26H30BrN3O5/c1-3-10-28-23(32)19-20-25(34)30(14(2)13-31)22(26(20)12-18(27)21(19)35-26)24(33)29-17-9-8-15-6-4-5-7-16(15)11-17/h4-9,11,14,18-22,31H,3,10,12-13H2,1-2H3,(H,28,32)(H,29,33)/t14-,18?,19+,20+,21+,22?,26?/m1/s1. The van der Waals surface area contributed by atoms with Crippen LogP contribution in [0.1, 0.15) is 26.7 Å². The van der Waals surface area contributed by atoms with Gasteiger partial charge in [-0.05, 0) is 42.7 Å². The maximum Gasteiger partial charge on any atom is 0.250 e. The van der Waals surface area contributed by atoms with Crippen LogP contribution in [0, 0.1) is 11.8 Å². The highest BCUT2D eigenvalue weighted by atomic mass is 79.9. The molecule has 2 aromatic carbocycles. The molecule has 3 saturated heterocycles. The van der Waals surface area contributed by atoms with Crippen molar-refractivity contribution in [2.75, 3.05) is 18.5 Å². The first-order chi connectivity index (χ1) is 16.8. The molecule has 3 N–H and O–H groups in total. The lowest BCUT2D eigenvalue weighted by Crippen LogP contribution is -2.56. The molecule has 7 atom stereocenters. The van der Waals surface area contributed by atoms with E-state index >= 15 is 0 Å². The van der Waals surface area contributed by atoms with Crippen molar-refractivity contribution in [1.29, 1.82) is 0 Å². The number of rotatable bonds is 7. The topological polar surface area (TPSA) is 108 Å². The Morgan fingerprint density at radius 3 is 2.69 bits per heavy atom. The Labute approximate surface area is 212 Å². The van der Waals surface area contributed by atoms with Crippen molar-refractivity contribution in [3.8, 4) is 0 Å². The van der Waals surface area contributed by atoms with Crippen molar-refractivity contribution >= 4 is 50.1 Å². The van der Waals surface area contributed by atoms with E-state index in [1.807, 2.05) is 49.4 Å². The molecule has 0 saturated carbocycles. The summed E-state index contributed by atoms with van der Waals surface area (Å²) in [5.74, 6) is -2.40. The van der Waals surface area contributed by atoms with E-state index in [0.717, 1.165) is 17.2 Å². The number of nitrogens with zero attached hydrogens (tertiary/aromatic N) is 1. The largest absolute Gasteiger partial charge is 0.394 e. The molecule has 8 nitrogen and oxygen atoms in total. The van der Waals surface area contributed by atoms with Crippen LogP contribution in [0.3, 0.4) is 0 Å². The molecule has 3 amide bonds. The van der Waals surface area contributed by atoms with Crippen LogP contribution in [-0.2, 0) is 19.1 Å². The molecule has 5 rings (SSSR count). The number of aliphatic hydroxyl groups excluding tert-OH is 1. The first kappa shape index (κ1) is 24.2. The number of ether oxygens (including phenoxy) is 1. The molecular formula is C26H30BrN3O5. The molecular weight excluding hydrogens is 514 g/mol. The SMILES string of the molecule is CCCNC(=O)[C@H]1[C@H]2C(=O)N([C@H](C)CO)C(C(=O)Nc3ccc4ccccc4c3)C23CC(Br)[C@@H]1O3. The summed E-state index contributed by atoms with van der Waals surface area (Å²) in [5, 5.41) is 17.9. The number of carbonyl (C=O) groups excluding carboxylic acids is 3. The Morgan fingerprint density at radius 2 is 1.97 bits per heavy atom. The number of hydrogen-bond donors (Lipinski definition) is 3. The summed E-state index contributed by atoms with van der Waals surface area (Å²) in [7, 11) is 0. The van der Waals surface area contributed by atoms with Gasteiger partial charge in [0.05, 0.1) is 30.6 Å². The van der Waals surface area contributed by atoms with Gasteiger partial charge in [-0.1, -0.05) is 53.2 Å². The Balaban J connectivity index is 1.51. The zero-order valence-corrected chi connectivity index (χ0v) is 21.3. The van der Waals surface area contributed by atoms with Gasteiger partial charge in [-0.15, -0.1) is 0 Å². The Kier molecular flexibility index (Phi) is 6.35. The normalized spacial score (nSPS) is 32.1. The highest BCUT2D eigenvalue weighted by molar-refractivity contribution is 9.09. The fraction of sp³-hybridized carbons (Fsp3) is 0.500. The molecule has 3 fully saturated rings. The quantitative estimate of drug-likeness (QED) is 0.465. The van der Waals surface area contributed by atoms with Gasteiger partial charge >= 0.3 is 0 Å². The summed E-state index contributed by atoms with van der Waals surface area (Å²) in [6, 6.07) is 11.9. The number of fused-ring (bicyclic) bond motifs is 2. The molecule has 2 aromatic rings. The van der Waals surface area contributed by atoms with Crippen LogP contribution in [0.5, 0.6) is 0 Å². The Morgan fingerprint density at radius 1 is 1.23 bits per heavy atom. The molecule has 3 aliphatic rings. The number of likely N-dealkylation sites (tertiary alicyclic amines) is 1. The third-order valence-corrected chi connectivity index (χ3v) is 8.43. The smallest absolute Gasteiger partial charge is 0.250 e. The van der Waals surface area contributed by atoms with E-state index in [9.17, 15) is 19.5 Å². The maximum absolute atomic E-state index is 13.8. The van der Waals surface area contributed by atoms with E-state index in [1.54, 1.807) is 6.92 Å². The molecule has 1 spiro atoms. The molecule has 3 aliphatic heterocycles. The van der Waals surface area contributed by atoms with Crippen molar-refractivity contribution in [3.63, 3.8) is 0 Å². The van der Waals surface area contributed by atoms with Gasteiger partial charge in [0.25, 0.3) is 0 Å².